The lowest BCUT2D eigenvalue weighted by molar-refractivity contribution is -0.121. The Morgan fingerprint density at radius 3 is 2.46 bits per heavy atom. The van der Waals surface area contributed by atoms with Crippen molar-refractivity contribution >= 4 is 23.5 Å². The van der Waals surface area contributed by atoms with Crippen molar-refractivity contribution in [1.29, 1.82) is 0 Å². The molecule has 1 N–H and O–H groups in total. The molecule has 0 atom stereocenters. The van der Waals surface area contributed by atoms with Crippen molar-refractivity contribution in [3.8, 4) is 0 Å². The maximum absolute atomic E-state index is 12.1. The lowest BCUT2D eigenvalue weighted by Crippen LogP contribution is -2.35. The first kappa shape index (κ1) is 19.7. The molecular weight excluding hydrogens is 308 g/mol. The molecule has 0 saturated carbocycles. The molecule has 24 heavy (non-hydrogen) atoms. The van der Waals surface area contributed by atoms with Crippen molar-refractivity contribution in [2.45, 2.75) is 34.1 Å². The zero-order valence-corrected chi connectivity index (χ0v) is 14.8. The van der Waals surface area contributed by atoms with Gasteiger partial charge in [-0.15, -0.1) is 0 Å². The van der Waals surface area contributed by atoms with Gasteiger partial charge in [0.15, 0.2) is 0 Å². The van der Waals surface area contributed by atoms with E-state index in [1.165, 1.54) is 11.8 Å². The van der Waals surface area contributed by atoms with Crippen LogP contribution in [0.15, 0.2) is 24.3 Å². The Hall–Kier alpha value is -2.37. The van der Waals surface area contributed by atoms with Crippen molar-refractivity contribution in [2.24, 2.45) is 5.92 Å². The zero-order chi connectivity index (χ0) is 18.1. The number of nitrogens with one attached hydrogen (secondary N) is 1. The number of carbonyl (C=O) groups is 3. The van der Waals surface area contributed by atoms with Crippen LogP contribution in [0.1, 0.15) is 44.5 Å². The van der Waals surface area contributed by atoms with Gasteiger partial charge >= 0.3 is 5.97 Å². The highest BCUT2D eigenvalue weighted by molar-refractivity contribution is 6.02. The second kappa shape index (κ2) is 9.70. The van der Waals surface area contributed by atoms with Gasteiger partial charge in [-0.25, -0.2) is 4.79 Å². The average molecular weight is 334 g/mol. The van der Waals surface area contributed by atoms with Gasteiger partial charge in [0.05, 0.1) is 17.9 Å². The number of anilines is 1. The van der Waals surface area contributed by atoms with E-state index in [0.29, 0.717) is 23.7 Å². The van der Waals surface area contributed by atoms with Crippen molar-refractivity contribution in [3.63, 3.8) is 0 Å². The predicted octanol–water partition coefficient (Wildman–Crippen LogP) is 2.38. The van der Waals surface area contributed by atoms with E-state index < -0.39 is 5.97 Å². The van der Waals surface area contributed by atoms with Crippen LogP contribution in [-0.2, 0) is 14.3 Å². The minimum Gasteiger partial charge on any atom is -0.462 e. The number of para-hydroxylation sites is 1. The molecule has 0 aliphatic heterocycles. The summed E-state index contributed by atoms with van der Waals surface area (Å²) in [6.45, 7) is 8.21. The molecule has 0 aliphatic rings. The van der Waals surface area contributed by atoms with Gasteiger partial charge in [-0.2, -0.15) is 0 Å². The van der Waals surface area contributed by atoms with Gasteiger partial charge < -0.3 is 15.0 Å². The maximum Gasteiger partial charge on any atom is 0.340 e. The molecule has 0 fully saturated rings. The number of amides is 2. The monoisotopic (exact) mass is 334 g/mol. The number of esters is 1. The third-order valence-corrected chi connectivity index (χ3v) is 3.34. The van der Waals surface area contributed by atoms with Gasteiger partial charge in [0.2, 0.25) is 11.8 Å². The van der Waals surface area contributed by atoms with E-state index in [1.807, 2.05) is 13.8 Å². The van der Waals surface area contributed by atoms with Gasteiger partial charge in [0.1, 0.15) is 0 Å². The van der Waals surface area contributed by atoms with E-state index in [1.54, 1.807) is 31.2 Å². The summed E-state index contributed by atoms with van der Waals surface area (Å²) in [7, 11) is 0. The van der Waals surface area contributed by atoms with Gasteiger partial charge in [-0.1, -0.05) is 26.0 Å². The van der Waals surface area contributed by atoms with E-state index in [4.69, 9.17) is 4.74 Å². The molecule has 132 valence electrons. The molecule has 0 spiro atoms. The molecule has 1 aromatic rings. The maximum atomic E-state index is 12.1. The second-order valence-electron chi connectivity index (χ2n) is 5.86. The number of hydrogen-bond acceptors (Lipinski definition) is 4. The first-order valence-corrected chi connectivity index (χ1v) is 8.17. The Kier molecular flexibility index (Phi) is 7.95. The predicted molar refractivity (Wildman–Crippen MR) is 92.9 cm³/mol. The fourth-order valence-corrected chi connectivity index (χ4v) is 2.16. The van der Waals surface area contributed by atoms with E-state index in [-0.39, 0.29) is 31.4 Å². The molecule has 2 amide bonds. The van der Waals surface area contributed by atoms with E-state index in [9.17, 15) is 14.4 Å². The van der Waals surface area contributed by atoms with Gasteiger partial charge in [-0.3, -0.25) is 9.59 Å². The molecule has 0 bridgehead atoms. The van der Waals surface area contributed by atoms with E-state index in [2.05, 4.69) is 5.32 Å². The van der Waals surface area contributed by atoms with Crippen LogP contribution < -0.4 is 10.2 Å². The summed E-state index contributed by atoms with van der Waals surface area (Å²) in [6.07, 6.45) is 0.170. The first-order chi connectivity index (χ1) is 11.4. The number of hydrogen-bond donors (Lipinski definition) is 1. The fraction of sp³-hybridized carbons (Fsp3) is 0.500. The highest BCUT2D eigenvalue weighted by atomic mass is 16.5. The SMILES string of the molecule is CCOC(=O)c1ccccc1N(CCC(=O)NCC(C)C)C(C)=O. The zero-order valence-electron chi connectivity index (χ0n) is 14.8. The Bertz CT molecular complexity index is 584. The number of ether oxygens (including phenoxy) is 1. The molecule has 1 rings (SSSR count). The summed E-state index contributed by atoms with van der Waals surface area (Å²) in [6, 6.07) is 6.75. The third kappa shape index (κ3) is 6.02. The van der Waals surface area contributed by atoms with Crippen molar-refractivity contribution in [3.05, 3.63) is 29.8 Å². The number of carbonyl (C=O) groups excluding carboxylic acids is 3. The van der Waals surface area contributed by atoms with Gasteiger partial charge in [0, 0.05) is 26.4 Å². The van der Waals surface area contributed by atoms with Crippen LogP contribution in [-0.4, -0.2) is 37.5 Å². The minimum atomic E-state index is -0.483. The lowest BCUT2D eigenvalue weighted by Gasteiger charge is -2.23. The fourth-order valence-electron chi connectivity index (χ4n) is 2.16. The molecule has 6 heteroatoms. The minimum absolute atomic E-state index is 0.122. The first-order valence-electron chi connectivity index (χ1n) is 8.17. The van der Waals surface area contributed by atoms with Crippen LogP contribution in [0.2, 0.25) is 0 Å². The number of nitrogens with zero attached hydrogens (tertiary/aromatic N) is 1. The number of benzene rings is 1. The molecule has 1 aromatic carbocycles. The number of rotatable bonds is 8. The molecule has 0 heterocycles. The third-order valence-electron chi connectivity index (χ3n) is 3.34. The van der Waals surface area contributed by atoms with E-state index >= 15 is 0 Å². The summed E-state index contributed by atoms with van der Waals surface area (Å²) in [5, 5.41) is 2.82. The van der Waals surface area contributed by atoms with Crippen LogP contribution in [0, 0.1) is 5.92 Å². The summed E-state index contributed by atoms with van der Waals surface area (Å²) < 4.78 is 5.03. The summed E-state index contributed by atoms with van der Waals surface area (Å²) in [4.78, 5) is 37.4. The Balaban J connectivity index is 2.88. The van der Waals surface area contributed by atoms with E-state index in [0.717, 1.165) is 0 Å². The molecule has 0 aromatic heterocycles. The normalized spacial score (nSPS) is 10.4. The Morgan fingerprint density at radius 2 is 1.88 bits per heavy atom. The Labute approximate surface area is 143 Å². The van der Waals surface area contributed by atoms with Crippen molar-refractivity contribution in [1.82, 2.24) is 5.32 Å². The highest BCUT2D eigenvalue weighted by Crippen LogP contribution is 2.22. The average Bonchev–Trinajstić information content (AvgIpc) is 2.53. The highest BCUT2D eigenvalue weighted by Gasteiger charge is 2.20. The largest absolute Gasteiger partial charge is 0.462 e. The van der Waals surface area contributed by atoms with Gasteiger partial charge in [-0.05, 0) is 25.0 Å². The van der Waals surface area contributed by atoms with Crippen LogP contribution in [0.5, 0.6) is 0 Å². The molecule has 0 saturated heterocycles. The second-order valence-corrected chi connectivity index (χ2v) is 5.86. The van der Waals surface area contributed by atoms with Crippen molar-refractivity contribution in [2.75, 3.05) is 24.6 Å². The van der Waals surface area contributed by atoms with Crippen molar-refractivity contribution < 1.29 is 19.1 Å². The molecule has 6 nitrogen and oxygen atoms in total. The van der Waals surface area contributed by atoms with Crippen LogP contribution in [0.3, 0.4) is 0 Å². The van der Waals surface area contributed by atoms with Crippen LogP contribution in [0.25, 0.3) is 0 Å². The summed E-state index contributed by atoms with van der Waals surface area (Å²) >= 11 is 0. The molecule has 0 unspecified atom stereocenters. The smallest absolute Gasteiger partial charge is 0.340 e. The van der Waals surface area contributed by atoms with Crippen LogP contribution in [0.4, 0.5) is 5.69 Å². The molecule has 0 radical (unpaired) electrons. The topological polar surface area (TPSA) is 75.7 Å². The standard InChI is InChI=1S/C18H26N2O4/c1-5-24-18(23)15-8-6-7-9-16(15)20(14(4)21)11-10-17(22)19-12-13(2)3/h6-9,13H,5,10-12H2,1-4H3,(H,19,22). The lowest BCUT2D eigenvalue weighted by atomic mass is 10.1. The Morgan fingerprint density at radius 1 is 1.21 bits per heavy atom. The summed E-state index contributed by atoms with van der Waals surface area (Å²) in [5.74, 6) is -0.474. The van der Waals surface area contributed by atoms with Crippen LogP contribution >= 0.6 is 0 Å². The molecule has 0 aliphatic carbocycles. The van der Waals surface area contributed by atoms with Gasteiger partial charge in [0.25, 0.3) is 0 Å². The molecular formula is C18H26N2O4. The quantitative estimate of drug-likeness (QED) is 0.741. The summed E-state index contributed by atoms with van der Waals surface area (Å²) in [5.41, 5.74) is 0.775.